The second-order valence-electron chi connectivity index (χ2n) is 11.8. The van der Waals surface area contributed by atoms with Gasteiger partial charge in [-0.1, -0.05) is 84.0 Å². The number of hydrogen-bond acceptors (Lipinski definition) is 3. The van der Waals surface area contributed by atoms with Crippen LogP contribution in [-0.4, -0.2) is 11.3 Å². The number of anilines is 3. The molecule has 2 aliphatic heterocycles. The molecule has 0 saturated carbocycles. The van der Waals surface area contributed by atoms with Gasteiger partial charge in [-0.3, -0.25) is 0 Å². The minimum absolute atomic E-state index is 0.205. The summed E-state index contributed by atoms with van der Waals surface area (Å²) in [5, 5.41) is 2.30. The van der Waals surface area contributed by atoms with E-state index in [1.807, 2.05) is 11.8 Å². The van der Waals surface area contributed by atoms with Crippen LogP contribution in [0.25, 0.3) is 38.7 Å². The van der Waals surface area contributed by atoms with Crippen molar-refractivity contribution in [1.29, 1.82) is 0 Å². The van der Waals surface area contributed by atoms with Gasteiger partial charge in [0.1, 0.15) is 11.1 Å². The Morgan fingerprint density at radius 3 is 2.14 bits per heavy atom. The predicted octanol–water partition coefficient (Wildman–Crippen LogP) is 8.60. The first-order chi connectivity index (χ1) is 21.7. The SMILES string of the molecule is Cc1cc2c3c(c1)-n1c4c(cccc4c4oc5cc(N(c6ccccc6)c6ccccc6)ccc5c41)B3c1ccccc1S2. The van der Waals surface area contributed by atoms with Crippen LogP contribution in [0.2, 0.25) is 0 Å². The second-order valence-corrected chi connectivity index (χ2v) is 12.9. The largest absolute Gasteiger partial charge is 0.454 e. The lowest BCUT2D eigenvalue weighted by molar-refractivity contribution is 0.673. The van der Waals surface area contributed by atoms with Crippen molar-refractivity contribution in [2.45, 2.75) is 16.7 Å². The topological polar surface area (TPSA) is 21.3 Å². The molecule has 6 aromatic carbocycles. The fourth-order valence-electron chi connectivity index (χ4n) is 7.51. The first-order valence-corrected chi connectivity index (χ1v) is 15.9. The van der Waals surface area contributed by atoms with E-state index < -0.39 is 0 Å². The fraction of sp³-hybridized carbons (Fsp3) is 0.0256. The molecular formula is C39H25BN2OS. The molecule has 0 N–H and O–H groups in total. The normalized spacial score (nSPS) is 13.0. The molecule has 0 saturated heterocycles. The Bertz CT molecular complexity index is 2410. The number of nitrogens with zero attached hydrogens (tertiary/aromatic N) is 2. The summed E-state index contributed by atoms with van der Waals surface area (Å²) in [5.74, 6) is 0. The van der Waals surface area contributed by atoms with Crippen molar-refractivity contribution in [3.8, 4) is 5.69 Å². The summed E-state index contributed by atoms with van der Waals surface area (Å²) in [4.78, 5) is 4.99. The van der Waals surface area contributed by atoms with Gasteiger partial charge in [0.15, 0.2) is 5.58 Å². The minimum atomic E-state index is 0.205. The highest BCUT2D eigenvalue weighted by molar-refractivity contribution is 8.00. The first-order valence-electron chi connectivity index (χ1n) is 15.1. The molecular weight excluding hydrogens is 555 g/mol. The molecule has 3 nitrogen and oxygen atoms in total. The van der Waals surface area contributed by atoms with E-state index in [4.69, 9.17) is 4.42 Å². The molecule has 206 valence electrons. The second kappa shape index (κ2) is 8.95. The summed E-state index contributed by atoms with van der Waals surface area (Å²) in [6.45, 7) is 2.42. The Kier molecular flexibility index (Phi) is 4.95. The molecule has 0 atom stereocenters. The van der Waals surface area contributed by atoms with Crippen molar-refractivity contribution in [3.63, 3.8) is 0 Å². The Hall–Kier alpha value is -5.13. The summed E-state index contributed by atoms with van der Waals surface area (Å²) in [5.41, 5.74) is 14.2. The number of aryl methyl sites for hydroxylation is 1. The average Bonchev–Trinajstić information content (AvgIpc) is 3.59. The van der Waals surface area contributed by atoms with E-state index >= 15 is 0 Å². The van der Waals surface area contributed by atoms with E-state index in [1.165, 1.54) is 48.3 Å². The number of rotatable bonds is 3. The van der Waals surface area contributed by atoms with Crippen molar-refractivity contribution in [3.05, 3.63) is 139 Å². The first kappa shape index (κ1) is 24.3. The average molecular weight is 581 g/mol. The van der Waals surface area contributed by atoms with E-state index in [1.54, 1.807) is 0 Å². The van der Waals surface area contributed by atoms with Gasteiger partial charge in [0.05, 0.1) is 5.52 Å². The molecule has 0 spiro atoms. The molecule has 0 amide bonds. The van der Waals surface area contributed by atoms with Crippen molar-refractivity contribution >= 4 is 84.9 Å². The summed E-state index contributed by atoms with van der Waals surface area (Å²) < 4.78 is 9.36. The number of furan rings is 1. The maximum Gasteiger partial charge on any atom is 0.249 e. The molecule has 0 aliphatic carbocycles. The number of benzene rings is 6. The summed E-state index contributed by atoms with van der Waals surface area (Å²) >= 11 is 1.90. The van der Waals surface area contributed by atoms with Crippen LogP contribution >= 0.6 is 11.8 Å². The maximum atomic E-state index is 6.87. The molecule has 44 heavy (non-hydrogen) atoms. The Balaban J connectivity index is 1.26. The lowest BCUT2D eigenvalue weighted by atomic mass is 9.35. The van der Waals surface area contributed by atoms with Crippen molar-refractivity contribution < 1.29 is 4.42 Å². The van der Waals surface area contributed by atoms with Gasteiger partial charge in [-0.05, 0) is 84.1 Å². The number of aromatic nitrogens is 1. The van der Waals surface area contributed by atoms with Gasteiger partial charge >= 0.3 is 0 Å². The lowest BCUT2D eigenvalue weighted by Gasteiger charge is -2.33. The van der Waals surface area contributed by atoms with Crippen molar-refractivity contribution in [2.75, 3.05) is 4.90 Å². The van der Waals surface area contributed by atoms with E-state index in [9.17, 15) is 0 Å². The van der Waals surface area contributed by atoms with Crippen LogP contribution in [0.1, 0.15) is 5.56 Å². The minimum Gasteiger partial charge on any atom is -0.454 e. The third-order valence-corrected chi connectivity index (χ3v) is 10.4. The van der Waals surface area contributed by atoms with Crippen molar-refractivity contribution in [2.24, 2.45) is 0 Å². The van der Waals surface area contributed by atoms with Gasteiger partial charge in [0.2, 0.25) is 6.71 Å². The molecule has 0 bridgehead atoms. The predicted molar refractivity (Wildman–Crippen MR) is 185 cm³/mol. The number of fused-ring (bicyclic) bond motifs is 9. The number of para-hydroxylation sites is 3. The molecule has 8 aromatic rings. The third-order valence-electron chi connectivity index (χ3n) is 9.25. The van der Waals surface area contributed by atoms with Crippen LogP contribution in [0, 0.1) is 6.92 Å². The highest BCUT2D eigenvalue weighted by atomic mass is 32.2. The monoisotopic (exact) mass is 580 g/mol. The van der Waals surface area contributed by atoms with Gasteiger partial charge in [0.25, 0.3) is 0 Å². The molecule has 10 rings (SSSR count). The van der Waals surface area contributed by atoms with Crippen molar-refractivity contribution in [1.82, 2.24) is 4.57 Å². The molecule has 2 aromatic heterocycles. The van der Waals surface area contributed by atoms with E-state index in [0.29, 0.717) is 0 Å². The van der Waals surface area contributed by atoms with Crippen LogP contribution in [0.5, 0.6) is 0 Å². The Morgan fingerprint density at radius 2 is 1.34 bits per heavy atom. The van der Waals surface area contributed by atoms with Gasteiger partial charge in [-0.2, -0.15) is 0 Å². The zero-order valence-corrected chi connectivity index (χ0v) is 24.8. The van der Waals surface area contributed by atoms with Crippen LogP contribution < -0.4 is 21.3 Å². The quantitative estimate of drug-likeness (QED) is 0.195. The molecule has 5 heteroatoms. The molecule has 0 fully saturated rings. The summed E-state index contributed by atoms with van der Waals surface area (Å²) in [7, 11) is 0. The van der Waals surface area contributed by atoms with Crippen LogP contribution in [-0.2, 0) is 0 Å². The Labute approximate surface area is 259 Å². The van der Waals surface area contributed by atoms with E-state index in [0.717, 1.165) is 39.1 Å². The molecule has 4 heterocycles. The highest BCUT2D eigenvalue weighted by Crippen LogP contribution is 2.44. The van der Waals surface area contributed by atoms with Gasteiger partial charge in [0, 0.05) is 49.4 Å². The fourth-order valence-corrected chi connectivity index (χ4v) is 8.78. The zero-order valence-electron chi connectivity index (χ0n) is 24.0. The highest BCUT2D eigenvalue weighted by Gasteiger charge is 2.40. The van der Waals surface area contributed by atoms with Crippen LogP contribution in [0.3, 0.4) is 0 Å². The van der Waals surface area contributed by atoms with Gasteiger partial charge < -0.3 is 13.9 Å². The maximum absolute atomic E-state index is 6.87. The van der Waals surface area contributed by atoms with E-state index in [-0.39, 0.29) is 6.71 Å². The van der Waals surface area contributed by atoms with Gasteiger partial charge in [-0.25, -0.2) is 0 Å². The smallest absolute Gasteiger partial charge is 0.249 e. The summed E-state index contributed by atoms with van der Waals surface area (Å²) in [6, 6.07) is 48.1. The van der Waals surface area contributed by atoms with E-state index in [2.05, 4.69) is 150 Å². The standard InChI is InChI=1S/C39H25BN2OS/c1-24-21-32-36-35(22-24)44-34-18-9-8-16-30(34)40(36)31-17-10-15-29-37(31)42(32)38-28-20-19-27(23-33(28)43-39(29)38)41(25-11-4-2-5-12-25)26-13-6-3-7-14-26/h2-23H,1H3. The lowest BCUT2D eigenvalue weighted by Crippen LogP contribution is -2.58. The van der Waals surface area contributed by atoms with Gasteiger partial charge in [-0.15, -0.1) is 0 Å². The third kappa shape index (κ3) is 3.25. The zero-order chi connectivity index (χ0) is 28.9. The summed E-state index contributed by atoms with van der Waals surface area (Å²) in [6.07, 6.45) is 0. The van der Waals surface area contributed by atoms with Crippen LogP contribution in [0.15, 0.2) is 148 Å². The molecule has 0 unspecified atom stereocenters. The molecule has 2 aliphatic rings. The molecule has 0 radical (unpaired) electrons. The van der Waals surface area contributed by atoms with Crippen LogP contribution in [0.4, 0.5) is 17.1 Å². The Morgan fingerprint density at radius 1 is 0.614 bits per heavy atom. The number of hydrogen-bond donors (Lipinski definition) is 0.